The number of aromatic nitrogens is 1. The number of ether oxygens (including phenoxy) is 2. The lowest BCUT2D eigenvalue weighted by Crippen LogP contribution is -2.38. The average molecular weight is 325 g/mol. The zero-order chi connectivity index (χ0) is 16.4. The third-order valence-electron chi connectivity index (χ3n) is 4.29. The van der Waals surface area contributed by atoms with E-state index in [2.05, 4.69) is 15.2 Å². The molecule has 0 aliphatic carbocycles. The molecule has 0 radical (unpaired) electrons. The van der Waals surface area contributed by atoms with Crippen molar-refractivity contribution in [1.82, 2.24) is 4.98 Å². The molecule has 0 bridgehead atoms. The molecule has 0 saturated carbocycles. The van der Waals surface area contributed by atoms with Gasteiger partial charge in [0, 0.05) is 25.7 Å². The number of anilines is 2. The first-order valence-electron chi connectivity index (χ1n) is 8.14. The van der Waals surface area contributed by atoms with Crippen LogP contribution in [-0.2, 0) is 16.0 Å². The van der Waals surface area contributed by atoms with Crippen LogP contribution in [0.15, 0.2) is 42.6 Å². The van der Waals surface area contributed by atoms with Crippen molar-refractivity contribution in [2.75, 3.05) is 36.5 Å². The highest BCUT2D eigenvalue weighted by atomic mass is 16.5. The maximum Gasteiger partial charge on any atom is 0.265 e. The van der Waals surface area contributed by atoms with Gasteiger partial charge < -0.3 is 19.7 Å². The monoisotopic (exact) mass is 325 g/mol. The van der Waals surface area contributed by atoms with E-state index in [0.29, 0.717) is 25.3 Å². The maximum absolute atomic E-state index is 12.6. The lowest BCUT2D eigenvalue weighted by molar-refractivity contribution is -0.122. The van der Waals surface area contributed by atoms with Gasteiger partial charge >= 0.3 is 0 Å². The second kappa shape index (κ2) is 6.49. The van der Waals surface area contributed by atoms with Crippen molar-refractivity contribution in [1.29, 1.82) is 0 Å². The van der Waals surface area contributed by atoms with Crippen LogP contribution in [0.25, 0.3) is 0 Å². The van der Waals surface area contributed by atoms with Gasteiger partial charge in [-0.3, -0.25) is 4.79 Å². The Morgan fingerprint density at radius 2 is 2.00 bits per heavy atom. The van der Waals surface area contributed by atoms with Crippen molar-refractivity contribution < 1.29 is 14.3 Å². The lowest BCUT2D eigenvalue weighted by atomic mass is 10.1. The fraction of sp³-hybridized carbons (Fsp3) is 0.333. The molecule has 1 aromatic carbocycles. The first-order chi connectivity index (χ1) is 11.8. The number of fused-ring (bicyclic) bond motifs is 1. The molecule has 124 valence electrons. The predicted octanol–water partition coefficient (Wildman–Crippen LogP) is 1.86. The van der Waals surface area contributed by atoms with Crippen LogP contribution < -0.4 is 15.0 Å². The smallest absolute Gasteiger partial charge is 0.265 e. The molecule has 1 fully saturated rings. The van der Waals surface area contributed by atoms with E-state index in [4.69, 9.17) is 9.47 Å². The molecule has 3 heterocycles. The third kappa shape index (κ3) is 2.92. The Kier molecular flexibility index (Phi) is 4.04. The Morgan fingerprint density at radius 3 is 2.83 bits per heavy atom. The topological polar surface area (TPSA) is 63.7 Å². The van der Waals surface area contributed by atoms with E-state index in [9.17, 15) is 4.79 Å². The predicted molar refractivity (Wildman–Crippen MR) is 90.5 cm³/mol. The number of rotatable bonds is 3. The van der Waals surface area contributed by atoms with Gasteiger partial charge in [-0.05, 0) is 23.8 Å². The van der Waals surface area contributed by atoms with E-state index in [-0.39, 0.29) is 5.91 Å². The molecule has 24 heavy (non-hydrogen) atoms. The number of pyridine rings is 1. The third-order valence-corrected chi connectivity index (χ3v) is 4.29. The molecule has 6 heteroatoms. The average Bonchev–Trinajstić information content (AvgIpc) is 3.07. The van der Waals surface area contributed by atoms with Gasteiger partial charge in [-0.2, -0.15) is 0 Å². The van der Waals surface area contributed by atoms with E-state index in [1.807, 2.05) is 36.4 Å². The van der Waals surface area contributed by atoms with Crippen molar-refractivity contribution in [3.63, 3.8) is 0 Å². The zero-order valence-corrected chi connectivity index (χ0v) is 13.3. The van der Waals surface area contributed by atoms with Crippen molar-refractivity contribution in [3.05, 3.63) is 48.2 Å². The Bertz CT molecular complexity index is 719. The number of carbonyl (C=O) groups is 1. The number of hydrogen-bond donors (Lipinski definition) is 1. The van der Waals surface area contributed by atoms with Crippen LogP contribution in [0, 0.1) is 0 Å². The molecular formula is C18H19N3O3. The molecule has 2 aliphatic rings. The van der Waals surface area contributed by atoms with Crippen LogP contribution >= 0.6 is 0 Å². The van der Waals surface area contributed by atoms with Gasteiger partial charge in [-0.15, -0.1) is 0 Å². The molecule has 1 N–H and O–H groups in total. The van der Waals surface area contributed by atoms with Gasteiger partial charge in [-0.1, -0.05) is 18.2 Å². The number of nitrogens with zero attached hydrogens (tertiary/aromatic N) is 2. The van der Waals surface area contributed by atoms with Crippen molar-refractivity contribution >= 4 is 17.4 Å². The van der Waals surface area contributed by atoms with E-state index in [0.717, 1.165) is 30.2 Å². The van der Waals surface area contributed by atoms with Crippen LogP contribution in [0.3, 0.4) is 0 Å². The summed E-state index contributed by atoms with van der Waals surface area (Å²) in [5.74, 6) is 1.43. The van der Waals surface area contributed by atoms with E-state index >= 15 is 0 Å². The highest BCUT2D eigenvalue weighted by Gasteiger charge is 2.29. The van der Waals surface area contributed by atoms with Crippen LogP contribution in [0.4, 0.5) is 11.5 Å². The standard InChI is InChI=1S/C18H19N3O3/c22-18(16-12-13-4-1-2-6-15(13)24-16)20-14-5-3-7-19-17(14)21-8-10-23-11-9-21/h1-7,16H,8-12H2,(H,20,22). The normalized spacial score (nSPS) is 19.5. The molecule has 2 aromatic rings. The lowest BCUT2D eigenvalue weighted by Gasteiger charge is -2.29. The summed E-state index contributed by atoms with van der Waals surface area (Å²) in [6.45, 7) is 2.88. The fourth-order valence-electron chi connectivity index (χ4n) is 3.06. The first-order valence-corrected chi connectivity index (χ1v) is 8.14. The van der Waals surface area contributed by atoms with Gasteiger partial charge in [0.15, 0.2) is 11.9 Å². The van der Waals surface area contributed by atoms with Gasteiger partial charge in [0.25, 0.3) is 5.91 Å². The van der Waals surface area contributed by atoms with Crippen molar-refractivity contribution in [2.45, 2.75) is 12.5 Å². The van der Waals surface area contributed by atoms with Gasteiger partial charge in [0.1, 0.15) is 5.75 Å². The van der Waals surface area contributed by atoms with Crippen LogP contribution in [-0.4, -0.2) is 43.3 Å². The quantitative estimate of drug-likeness (QED) is 0.933. The minimum Gasteiger partial charge on any atom is -0.480 e. The molecular weight excluding hydrogens is 306 g/mol. The van der Waals surface area contributed by atoms with E-state index in [1.165, 1.54) is 0 Å². The van der Waals surface area contributed by atoms with Gasteiger partial charge in [0.05, 0.1) is 18.9 Å². The molecule has 4 rings (SSSR count). The number of para-hydroxylation sites is 1. The summed E-state index contributed by atoms with van der Waals surface area (Å²) in [6, 6.07) is 11.5. The summed E-state index contributed by atoms with van der Waals surface area (Å²) in [4.78, 5) is 19.2. The van der Waals surface area contributed by atoms with E-state index < -0.39 is 6.10 Å². The van der Waals surface area contributed by atoms with Crippen molar-refractivity contribution in [2.24, 2.45) is 0 Å². The first kappa shape index (κ1) is 15.0. The molecule has 2 aliphatic heterocycles. The molecule has 1 aromatic heterocycles. The minimum atomic E-state index is -0.500. The molecule has 1 unspecified atom stereocenters. The molecule has 0 spiro atoms. The summed E-state index contributed by atoms with van der Waals surface area (Å²) in [6.07, 6.45) is 1.83. The summed E-state index contributed by atoms with van der Waals surface area (Å²) < 4.78 is 11.1. The highest BCUT2D eigenvalue weighted by Crippen LogP contribution is 2.30. The number of morpholine rings is 1. The molecule has 1 atom stereocenters. The number of nitrogens with one attached hydrogen (secondary N) is 1. The van der Waals surface area contributed by atoms with E-state index in [1.54, 1.807) is 6.20 Å². The Balaban J connectivity index is 1.49. The number of amides is 1. The van der Waals surface area contributed by atoms with Crippen LogP contribution in [0.2, 0.25) is 0 Å². The zero-order valence-electron chi connectivity index (χ0n) is 13.3. The second-order valence-electron chi connectivity index (χ2n) is 5.88. The molecule has 1 amide bonds. The maximum atomic E-state index is 12.6. The highest BCUT2D eigenvalue weighted by molar-refractivity contribution is 5.97. The summed E-state index contributed by atoms with van der Waals surface area (Å²) in [7, 11) is 0. The largest absolute Gasteiger partial charge is 0.480 e. The Morgan fingerprint density at radius 1 is 1.17 bits per heavy atom. The van der Waals surface area contributed by atoms with Gasteiger partial charge in [0.2, 0.25) is 0 Å². The molecule has 6 nitrogen and oxygen atoms in total. The van der Waals surface area contributed by atoms with Crippen LogP contribution in [0.1, 0.15) is 5.56 Å². The Hall–Kier alpha value is -2.60. The Labute approximate surface area is 140 Å². The number of benzene rings is 1. The minimum absolute atomic E-state index is 0.145. The summed E-state index contributed by atoms with van der Waals surface area (Å²) in [5, 5.41) is 2.98. The van der Waals surface area contributed by atoms with Crippen LogP contribution in [0.5, 0.6) is 5.75 Å². The summed E-state index contributed by atoms with van der Waals surface area (Å²) in [5.41, 5.74) is 1.78. The number of carbonyl (C=O) groups excluding carboxylic acids is 1. The SMILES string of the molecule is O=C(Nc1cccnc1N1CCOCC1)C1Cc2ccccc2O1. The second-order valence-corrected chi connectivity index (χ2v) is 5.88. The van der Waals surface area contributed by atoms with Crippen molar-refractivity contribution in [3.8, 4) is 5.75 Å². The fourth-order valence-corrected chi connectivity index (χ4v) is 3.06. The molecule has 1 saturated heterocycles. The number of hydrogen-bond acceptors (Lipinski definition) is 5. The summed E-state index contributed by atoms with van der Waals surface area (Å²) >= 11 is 0. The van der Waals surface area contributed by atoms with Gasteiger partial charge in [-0.25, -0.2) is 4.98 Å².